The molecule has 3 aliphatic rings. The smallest absolute Gasteiger partial charge is 0.227 e. The van der Waals surface area contributed by atoms with E-state index in [1.54, 1.807) is 11.3 Å². The first kappa shape index (κ1) is 22.7. The van der Waals surface area contributed by atoms with E-state index in [2.05, 4.69) is 15.3 Å². The molecule has 1 saturated heterocycles. The summed E-state index contributed by atoms with van der Waals surface area (Å²) in [5.74, 6) is 0.677. The van der Waals surface area contributed by atoms with Gasteiger partial charge in [-0.2, -0.15) is 4.98 Å². The van der Waals surface area contributed by atoms with Crippen molar-refractivity contribution in [2.75, 3.05) is 32.9 Å². The van der Waals surface area contributed by atoms with Gasteiger partial charge in [0.25, 0.3) is 0 Å². The van der Waals surface area contributed by atoms with Crippen LogP contribution in [0, 0.1) is 0 Å². The van der Waals surface area contributed by atoms with Gasteiger partial charge >= 0.3 is 0 Å². The van der Waals surface area contributed by atoms with Crippen LogP contribution in [-0.4, -0.2) is 49.0 Å². The van der Waals surface area contributed by atoms with Crippen molar-refractivity contribution in [1.29, 1.82) is 0 Å². The number of halogens is 1. The van der Waals surface area contributed by atoms with Gasteiger partial charge in [-0.15, -0.1) is 11.3 Å². The maximum atomic E-state index is 6.20. The monoisotopic (exact) mass is 441 g/mol. The average molecular weight is 442 g/mol. The maximum absolute atomic E-state index is 6.20. The van der Waals surface area contributed by atoms with Crippen LogP contribution in [0.2, 0.25) is 5.28 Å². The Labute approximate surface area is 182 Å². The Balaban J connectivity index is 0.000000256. The van der Waals surface area contributed by atoms with Crippen molar-refractivity contribution < 1.29 is 14.2 Å². The Kier molecular flexibility index (Phi) is 9.39. The minimum absolute atomic E-state index is 0.267. The van der Waals surface area contributed by atoms with Gasteiger partial charge in [0.15, 0.2) is 0 Å². The van der Waals surface area contributed by atoms with Crippen LogP contribution in [0.3, 0.4) is 0 Å². The lowest BCUT2D eigenvalue weighted by molar-refractivity contribution is 0.109. The van der Waals surface area contributed by atoms with Crippen LogP contribution in [0.4, 0.5) is 0 Å². The number of rotatable bonds is 2. The fourth-order valence-corrected chi connectivity index (χ4v) is 5.07. The van der Waals surface area contributed by atoms with E-state index in [1.165, 1.54) is 29.7 Å². The van der Waals surface area contributed by atoms with Gasteiger partial charge in [0.05, 0.1) is 31.8 Å². The van der Waals surface area contributed by atoms with Crippen LogP contribution >= 0.6 is 22.9 Å². The van der Waals surface area contributed by atoms with Gasteiger partial charge in [0, 0.05) is 18.0 Å². The number of hydrogen-bond acceptors (Lipinski definition) is 7. The Morgan fingerprint density at radius 3 is 2.45 bits per heavy atom. The summed E-state index contributed by atoms with van der Waals surface area (Å²) in [7, 11) is 0. The fourth-order valence-electron chi connectivity index (χ4n) is 3.71. The second-order valence-corrected chi connectivity index (χ2v) is 8.45. The fraction of sp³-hybridized carbons (Fsp3) is 0.714. The molecule has 2 aromatic rings. The summed E-state index contributed by atoms with van der Waals surface area (Å²) in [6.07, 6.45) is 7.18. The summed E-state index contributed by atoms with van der Waals surface area (Å²) >= 11 is 7.73. The van der Waals surface area contributed by atoms with Crippen LogP contribution < -0.4 is 10.1 Å². The number of morpholine rings is 1. The lowest BCUT2D eigenvalue weighted by atomic mass is 9.98. The number of fused-ring (bicyclic) bond motifs is 3. The Hall–Kier alpha value is -0.990. The molecule has 8 heteroatoms. The van der Waals surface area contributed by atoms with Gasteiger partial charge in [-0.05, 0) is 49.3 Å². The second-order valence-electron chi connectivity index (χ2n) is 7.02. The number of hydrogen-bond donors (Lipinski definition) is 1. The van der Waals surface area contributed by atoms with E-state index in [-0.39, 0.29) is 11.4 Å². The lowest BCUT2D eigenvalue weighted by Crippen LogP contribution is -2.30. The highest BCUT2D eigenvalue weighted by Crippen LogP contribution is 2.39. The summed E-state index contributed by atoms with van der Waals surface area (Å²) in [4.78, 5) is 10.9. The highest BCUT2D eigenvalue weighted by molar-refractivity contribution is 7.18. The summed E-state index contributed by atoms with van der Waals surface area (Å²) < 4.78 is 16.7. The van der Waals surface area contributed by atoms with Crippen LogP contribution in [0.5, 0.6) is 5.88 Å². The molecule has 4 heterocycles. The van der Waals surface area contributed by atoms with E-state index < -0.39 is 0 Å². The first-order valence-corrected chi connectivity index (χ1v) is 12.0. The van der Waals surface area contributed by atoms with Gasteiger partial charge in [0.1, 0.15) is 10.9 Å². The zero-order chi connectivity index (χ0) is 20.5. The van der Waals surface area contributed by atoms with Crippen molar-refractivity contribution in [1.82, 2.24) is 15.3 Å². The van der Waals surface area contributed by atoms with E-state index in [1.807, 2.05) is 13.8 Å². The number of nitrogens with zero attached hydrogens (tertiary/aromatic N) is 2. The summed E-state index contributed by atoms with van der Waals surface area (Å²) in [5.41, 5.74) is 1.30. The summed E-state index contributed by atoms with van der Waals surface area (Å²) in [5, 5.41) is 4.49. The van der Waals surface area contributed by atoms with Crippen molar-refractivity contribution in [2.45, 2.75) is 65.1 Å². The number of aromatic nitrogens is 2. The number of nitrogens with one attached hydrogen (secondary N) is 1. The number of ether oxygens (including phenoxy) is 3. The van der Waals surface area contributed by atoms with E-state index in [0.717, 1.165) is 62.4 Å². The van der Waals surface area contributed by atoms with Crippen molar-refractivity contribution in [3.05, 3.63) is 15.7 Å². The highest BCUT2D eigenvalue weighted by Gasteiger charge is 2.24. The highest BCUT2D eigenvalue weighted by atomic mass is 35.5. The minimum Gasteiger partial charge on any atom is -0.474 e. The molecule has 1 saturated carbocycles. The van der Waals surface area contributed by atoms with Gasteiger partial charge in [-0.3, -0.25) is 0 Å². The van der Waals surface area contributed by atoms with Crippen molar-refractivity contribution in [3.63, 3.8) is 0 Å². The molecule has 2 aliphatic heterocycles. The molecular weight excluding hydrogens is 410 g/mol. The molecule has 162 valence electrons. The molecular formula is C21H32ClN3O3S. The molecule has 2 fully saturated rings. The minimum atomic E-state index is 0.267. The van der Waals surface area contributed by atoms with Crippen LogP contribution in [-0.2, 0) is 22.5 Å². The Morgan fingerprint density at radius 1 is 1.03 bits per heavy atom. The third-order valence-electron chi connectivity index (χ3n) is 5.08. The summed E-state index contributed by atoms with van der Waals surface area (Å²) in [6.45, 7) is 9.25. The molecule has 6 nitrogen and oxygen atoms in total. The standard InChI is InChI=1S/C15H17ClN2O2S.C4H9NO.C2H6/c16-15-17-13(20-9-4-2-1-3-5-9)12-10-6-7-19-8-11(10)21-14(12)18-15;1-3-6-4-2-5-1;1-2/h9H,1-8H2;5H,1-4H2;1-2H3. The molecule has 0 radical (unpaired) electrons. The third-order valence-corrected chi connectivity index (χ3v) is 6.35. The topological polar surface area (TPSA) is 65.5 Å². The third kappa shape index (κ3) is 6.25. The zero-order valence-electron chi connectivity index (χ0n) is 17.5. The molecule has 1 N–H and O–H groups in total. The molecule has 0 unspecified atom stereocenters. The molecule has 5 rings (SSSR count). The van der Waals surface area contributed by atoms with Crippen LogP contribution in [0.15, 0.2) is 0 Å². The molecule has 1 aliphatic carbocycles. The van der Waals surface area contributed by atoms with Gasteiger partial charge in [0.2, 0.25) is 11.2 Å². The first-order valence-electron chi connectivity index (χ1n) is 10.8. The second kappa shape index (κ2) is 12.0. The molecule has 2 aromatic heterocycles. The van der Waals surface area contributed by atoms with Crippen LogP contribution in [0.1, 0.15) is 56.4 Å². The first-order chi connectivity index (χ1) is 14.3. The normalized spacial score (nSPS) is 19.4. The molecule has 0 aromatic carbocycles. The largest absolute Gasteiger partial charge is 0.474 e. The van der Waals surface area contributed by atoms with E-state index >= 15 is 0 Å². The molecule has 0 amide bonds. The van der Waals surface area contributed by atoms with Gasteiger partial charge in [-0.25, -0.2) is 4.98 Å². The van der Waals surface area contributed by atoms with Gasteiger partial charge < -0.3 is 19.5 Å². The van der Waals surface area contributed by atoms with Crippen molar-refractivity contribution in [3.8, 4) is 5.88 Å². The molecule has 0 bridgehead atoms. The quantitative estimate of drug-likeness (QED) is 0.677. The van der Waals surface area contributed by atoms with E-state index in [9.17, 15) is 0 Å². The SMILES string of the molecule is C1COCCN1.CC.Clc1nc(OC2CCCCC2)c2c3c(sc2n1)COCC3. The predicted octanol–water partition coefficient (Wildman–Crippen LogP) is 4.76. The van der Waals surface area contributed by atoms with Crippen LogP contribution in [0.25, 0.3) is 10.2 Å². The Morgan fingerprint density at radius 2 is 1.79 bits per heavy atom. The molecule has 29 heavy (non-hydrogen) atoms. The summed E-state index contributed by atoms with van der Waals surface area (Å²) in [6, 6.07) is 0. The Bertz CT molecular complexity index is 750. The predicted molar refractivity (Wildman–Crippen MR) is 118 cm³/mol. The maximum Gasteiger partial charge on any atom is 0.227 e. The molecule has 0 spiro atoms. The van der Waals surface area contributed by atoms with E-state index in [4.69, 9.17) is 25.8 Å². The zero-order valence-corrected chi connectivity index (χ0v) is 19.0. The van der Waals surface area contributed by atoms with Crippen molar-refractivity contribution in [2.24, 2.45) is 0 Å². The molecule has 0 atom stereocenters. The van der Waals surface area contributed by atoms with E-state index in [0.29, 0.717) is 12.5 Å². The van der Waals surface area contributed by atoms with Gasteiger partial charge in [-0.1, -0.05) is 20.3 Å². The van der Waals surface area contributed by atoms with Crippen molar-refractivity contribution >= 4 is 33.2 Å². The number of thiophene rings is 1. The lowest BCUT2D eigenvalue weighted by Gasteiger charge is -2.23. The average Bonchev–Trinajstić information content (AvgIpc) is 3.16.